The van der Waals surface area contributed by atoms with Gasteiger partial charge >= 0.3 is 6.23 Å². The summed E-state index contributed by atoms with van der Waals surface area (Å²) in [5.74, 6) is -5.41. The second-order valence-corrected chi connectivity index (χ2v) is 4.39. The number of rotatable bonds is 3. The number of ether oxygens (including phenoxy) is 1. The Hall–Kier alpha value is -2.19. The van der Waals surface area contributed by atoms with E-state index in [-0.39, 0.29) is 28.4 Å². The summed E-state index contributed by atoms with van der Waals surface area (Å²) in [6.45, 7) is 1.64. The van der Waals surface area contributed by atoms with Crippen molar-refractivity contribution in [3.63, 3.8) is 0 Å². The van der Waals surface area contributed by atoms with E-state index in [0.29, 0.717) is 0 Å². The molecule has 21 heavy (non-hydrogen) atoms. The van der Waals surface area contributed by atoms with Crippen molar-refractivity contribution in [2.45, 2.75) is 19.6 Å². The molecule has 2 aromatic carbocycles. The van der Waals surface area contributed by atoms with Gasteiger partial charge in [-0.25, -0.2) is 4.39 Å². The Kier molecular flexibility index (Phi) is 3.60. The van der Waals surface area contributed by atoms with Gasteiger partial charge in [0.2, 0.25) is 5.82 Å². The molecule has 5 N–H and O–H groups in total. The monoisotopic (exact) mass is 303 g/mol. The van der Waals surface area contributed by atoms with Gasteiger partial charge in [-0.15, -0.1) is 4.39 Å². The normalized spacial score (nSPS) is 11.9. The highest BCUT2D eigenvalue weighted by molar-refractivity contribution is 5.95. The average molecular weight is 303 g/mol. The molecule has 0 spiro atoms. The number of anilines is 1. The highest BCUT2D eigenvalue weighted by Crippen LogP contribution is 2.42. The molecule has 0 saturated heterocycles. The third kappa shape index (κ3) is 2.67. The minimum atomic E-state index is -4.19. The lowest BCUT2D eigenvalue weighted by atomic mass is 9.99. The van der Waals surface area contributed by atoms with Gasteiger partial charge in [-0.1, -0.05) is 6.92 Å². The van der Waals surface area contributed by atoms with Gasteiger partial charge in [-0.3, -0.25) is 0 Å². The zero-order valence-corrected chi connectivity index (χ0v) is 10.8. The molecule has 0 aliphatic carbocycles. The van der Waals surface area contributed by atoms with Gasteiger partial charge in [0.05, 0.1) is 0 Å². The molecule has 0 aliphatic heterocycles. The number of benzene rings is 2. The maximum atomic E-state index is 13.9. The third-order valence-electron chi connectivity index (χ3n) is 2.93. The Bertz CT molecular complexity index is 713. The summed E-state index contributed by atoms with van der Waals surface area (Å²) < 4.78 is 44.8. The summed E-state index contributed by atoms with van der Waals surface area (Å²) in [6.07, 6.45) is -3.94. The van der Waals surface area contributed by atoms with Crippen LogP contribution in [0.3, 0.4) is 0 Å². The number of hydrogen-bond acceptors (Lipinski definition) is 5. The molecule has 2 aromatic rings. The predicted octanol–water partition coefficient (Wildman–Crippen LogP) is 1.91. The van der Waals surface area contributed by atoms with Crippen molar-refractivity contribution in [3.8, 4) is 11.5 Å². The van der Waals surface area contributed by atoms with Gasteiger partial charge in [0.25, 0.3) is 0 Å². The number of nitrogen functional groups attached to an aromatic ring is 1. The van der Waals surface area contributed by atoms with E-state index in [0.717, 1.165) is 6.07 Å². The summed E-state index contributed by atoms with van der Waals surface area (Å²) >= 11 is 0. The molecular formula is C13H12F3NO4. The van der Waals surface area contributed by atoms with Crippen molar-refractivity contribution in [1.29, 1.82) is 0 Å². The lowest BCUT2D eigenvalue weighted by Crippen LogP contribution is -2.29. The summed E-state index contributed by atoms with van der Waals surface area (Å²) in [6, 6.07) is 2.46. The Labute approximate surface area is 117 Å². The maximum Gasteiger partial charge on any atom is 0.492 e. The van der Waals surface area contributed by atoms with Crippen molar-refractivity contribution in [2.75, 3.05) is 5.73 Å². The fraction of sp³-hybridized carbons (Fsp3) is 0.231. The molecule has 0 amide bonds. The van der Waals surface area contributed by atoms with E-state index in [9.17, 15) is 18.3 Å². The van der Waals surface area contributed by atoms with Crippen LogP contribution in [0.5, 0.6) is 11.5 Å². The van der Waals surface area contributed by atoms with Gasteiger partial charge in [0, 0.05) is 16.5 Å². The Morgan fingerprint density at radius 1 is 1.24 bits per heavy atom. The van der Waals surface area contributed by atoms with E-state index in [2.05, 4.69) is 4.74 Å². The van der Waals surface area contributed by atoms with Crippen LogP contribution in [-0.2, 0) is 6.42 Å². The van der Waals surface area contributed by atoms with Crippen molar-refractivity contribution < 1.29 is 33.2 Å². The molecule has 0 fully saturated rings. The van der Waals surface area contributed by atoms with Crippen molar-refractivity contribution in [1.82, 2.24) is 0 Å². The van der Waals surface area contributed by atoms with Crippen LogP contribution >= 0.6 is 0 Å². The molecule has 0 radical (unpaired) electrons. The average Bonchev–Trinajstić information content (AvgIpc) is 2.39. The molecule has 0 atom stereocenters. The number of fused-ring (bicyclic) bond motifs is 1. The van der Waals surface area contributed by atoms with Crippen molar-refractivity contribution in [2.24, 2.45) is 0 Å². The zero-order valence-electron chi connectivity index (χ0n) is 10.8. The summed E-state index contributed by atoms with van der Waals surface area (Å²) in [7, 11) is 0. The zero-order chi connectivity index (χ0) is 15.9. The first-order chi connectivity index (χ1) is 9.65. The lowest BCUT2D eigenvalue weighted by molar-refractivity contribution is -0.375. The number of hydrogen-bond donors (Lipinski definition) is 4. The van der Waals surface area contributed by atoms with E-state index >= 15 is 0 Å². The second-order valence-electron chi connectivity index (χ2n) is 4.39. The quantitative estimate of drug-likeness (QED) is 0.513. The van der Waals surface area contributed by atoms with E-state index in [1.807, 2.05) is 0 Å². The molecule has 114 valence electrons. The van der Waals surface area contributed by atoms with Crippen LogP contribution in [0.15, 0.2) is 12.1 Å². The number of aromatic hydroxyl groups is 1. The van der Waals surface area contributed by atoms with Gasteiger partial charge in [-0.2, -0.15) is 4.39 Å². The molecular weight excluding hydrogens is 291 g/mol. The smallest absolute Gasteiger partial charge is 0.492 e. The number of phenolic OH excluding ortho intramolecular Hbond substituents is 1. The third-order valence-corrected chi connectivity index (χ3v) is 2.93. The van der Waals surface area contributed by atoms with Gasteiger partial charge < -0.3 is 25.8 Å². The molecule has 0 aromatic heterocycles. The van der Waals surface area contributed by atoms with E-state index in [4.69, 9.17) is 15.9 Å². The molecule has 0 bridgehead atoms. The topological polar surface area (TPSA) is 95.9 Å². The van der Waals surface area contributed by atoms with E-state index < -0.39 is 29.4 Å². The number of halogens is 3. The molecule has 5 nitrogen and oxygen atoms in total. The van der Waals surface area contributed by atoms with Crippen molar-refractivity contribution >= 4 is 16.5 Å². The number of alkyl halides is 1. The Morgan fingerprint density at radius 2 is 1.86 bits per heavy atom. The maximum absolute atomic E-state index is 13.9. The van der Waals surface area contributed by atoms with Crippen LogP contribution in [0, 0.1) is 11.6 Å². The van der Waals surface area contributed by atoms with Gasteiger partial charge in [0.15, 0.2) is 17.3 Å². The largest absolute Gasteiger partial charge is 0.503 e. The fourth-order valence-electron chi connectivity index (χ4n) is 2.11. The number of phenols is 1. The standard InChI is InChI=1S/C13H12F3NO4/c1-2-5-3-6(17)4-7-8(5)12(21-13(16,19)20)10(15)11(18)9(7)14/h3-4,18-20H,2,17H2,1H3. The molecule has 2 rings (SSSR count). The first kappa shape index (κ1) is 15.2. The molecule has 0 saturated carbocycles. The Balaban J connectivity index is 2.94. The predicted molar refractivity (Wildman–Crippen MR) is 68.2 cm³/mol. The SMILES string of the molecule is CCc1cc(N)cc2c(F)c(O)c(F)c(OC(O)(O)F)c12. The summed E-state index contributed by atoms with van der Waals surface area (Å²) in [5, 5.41) is 26.1. The first-order valence-electron chi connectivity index (χ1n) is 5.90. The lowest BCUT2D eigenvalue weighted by Gasteiger charge is -2.18. The number of nitrogens with two attached hydrogens (primary N) is 1. The van der Waals surface area contributed by atoms with Gasteiger partial charge in [-0.05, 0) is 24.1 Å². The molecule has 0 aliphatic rings. The molecule has 8 heteroatoms. The van der Waals surface area contributed by atoms with Crippen LogP contribution in [0.4, 0.5) is 18.9 Å². The van der Waals surface area contributed by atoms with Crippen molar-refractivity contribution in [3.05, 3.63) is 29.3 Å². The summed E-state index contributed by atoms with van der Waals surface area (Å²) in [4.78, 5) is 0. The second kappa shape index (κ2) is 4.97. The van der Waals surface area contributed by atoms with Gasteiger partial charge in [0.1, 0.15) is 0 Å². The van der Waals surface area contributed by atoms with E-state index in [1.54, 1.807) is 6.92 Å². The minimum Gasteiger partial charge on any atom is -0.503 e. The highest BCUT2D eigenvalue weighted by Gasteiger charge is 2.31. The van der Waals surface area contributed by atoms with Crippen LogP contribution in [0.2, 0.25) is 0 Å². The van der Waals surface area contributed by atoms with Crippen LogP contribution in [0.25, 0.3) is 10.8 Å². The van der Waals surface area contributed by atoms with Crippen LogP contribution in [-0.4, -0.2) is 21.5 Å². The van der Waals surface area contributed by atoms with E-state index in [1.165, 1.54) is 6.07 Å². The van der Waals surface area contributed by atoms with Crippen LogP contribution < -0.4 is 10.5 Å². The van der Waals surface area contributed by atoms with Crippen LogP contribution in [0.1, 0.15) is 12.5 Å². The number of aryl methyl sites for hydroxylation is 1. The first-order valence-corrected chi connectivity index (χ1v) is 5.90. The highest BCUT2D eigenvalue weighted by atomic mass is 19.2. The summed E-state index contributed by atoms with van der Waals surface area (Å²) in [5.41, 5.74) is 5.99. The molecule has 0 heterocycles. The number of aliphatic hydroxyl groups is 2. The minimum absolute atomic E-state index is 0.134. The molecule has 0 unspecified atom stereocenters. The fourth-order valence-corrected chi connectivity index (χ4v) is 2.11. The Morgan fingerprint density at radius 3 is 2.38 bits per heavy atom.